The molecular formula is C26H27FN2O2S. The molecule has 0 saturated heterocycles. The fourth-order valence-corrected chi connectivity index (χ4v) is 4.83. The molecule has 1 heterocycles. The van der Waals surface area contributed by atoms with Gasteiger partial charge in [-0.2, -0.15) is 5.48 Å². The number of hydrogen-bond donors (Lipinski definition) is 1. The Balaban J connectivity index is 1.69. The zero-order chi connectivity index (χ0) is 22.1. The Labute approximate surface area is 192 Å². The zero-order valence-corrected chi connectivity index (χ0v) is 19.1. The molecule has 1 saturated carbocycles. The molecule has 166 valence electrons. The molecule has 32 heavy (non-hydrogen) atoms. The average molecular weight is 451 g/mol. The van der Waals surface area contributed by atoms with Gasteiger partial charge in [-0.1, -0.05) is 54.4 Å². The van der Waals surface area contributed by atoms with Crippen LogP contribution >= 0.6 is 11.9 Å². The second-order valence-electron chi connectivity index (χ2n) is 8.26. The van der Waals surface area contributed by atoms with Gasteiger partial charge in [0.15, 0.2) is 5.76 Å². The molecule has 3 aromatic rings. The summed E-state index contributed by atoms with van der Waals surface area (Å²) in [6.07, 6.45) is 9.30. The van der Waals surface area contributed by atoms with Gasteiger partial charge in [-0.05, 0) is 36.5 Å². The van der Waals surface area contributed by atoms with Crippen LogP contribution in [0.25, 0.3) is 27.7 Å². The van der Waals surface area contributed by atoms with Crippen LogP contribution in [0.2, 0.25) is 0 Å². The SMILES string of the molecule is CNOc1c(C2=CCC(F)C=C2)oc2cc(N(CC3CC3)SC)c(-c3ccccc3)cc12. The van der Waals surface area contributed by atoms with E-state index in [0.29, 0.717) is 17.9 Å². The van der Waals surface area contributed by atoms with E-state index in [9.17, 15) is 4.39 Å². The Morgan fingerprint density at radius 1 is 1.22 bits per heavy atom. The maximum absolute atomic E-state index is 13.6. The van der Waals surface area contributed by atoms with Crippen LogP contribution in [0.5, 0.6) is 5.75 Å². The summed E-state index contributed by atoms with van der Waals surface area (Å²) >= 11 is 1.74. The molecule has 1 fully saturated rings. The molecular weight excluding hydrogens is 423 g/mol. The Kier molecular flexibility index (Phi) is 5.98. The van der Waals surface area contributed by atoms with Gasteiger partial charge in [0, 0.05) is 43.5 Å². The van der Waals surface area contributed by atoms with E-state index in [4.69, 9.17) is 9.25 Å². The van der Waals surface area contributed by atoms with Crippen molar-refractivity contribution in [2.45, 2.75) is 25.4 Å². The van der Waals surface area contributed by atoms with Crippen molar-refractivity contribution >= 4 is 34.2 Å². The number of hydrogen-bond acceptors (Lipinski definition) is 5. The Hall–Kier alpha value is -2.70. The molecule has 4 nitrogen and oxygen atoms in total. The highest BCUT2D eigenvalue weighted by atomic mass is 32.2. The van der Waals surface area contributed by atoms with Gasteiger partial charge in [0.2, 0.25) is 5.75 Å². The van der Waals surface area contributed by atoms with Crippen molar-refractivity contribution in [2.24, 2.45) is 5.92 Å². The second kappa shape index (κ2) is 9.04. The normalized spacial score (nSPS) is 18.1. The molecule has 2 aliphatic carbocycles. The lowest BCUT2D eigenvalue weighted by atomic mass is 10.00. The van der Waals surface area contributed by atoms with Gasteiger partial charge in [-0.25, -0.2) is 4.39 Å². The van der Waals surface area contributed by atoms with Gasteiger partial charge < -0.3 is 13.6 Å². The number of allylic oxidation sites excluding steroid dienone is 4. The molecule has 1 atom stereocenters. The number of fused-ring (bicyclic) bond motifs is 1. The van der Waals surface area contributed by atoms with Crippen molar-refractivity contribution in [1.29, 1.82) is 0 Å². The highest BCUT2D eigenvalue weighted by Gasteiger charge is 2.28. The lowest BCUT2D eigenvalue weighted by Crippen LogP contribution is -2.17. The van der Waals surface area contributed by atoms with E-state index in [1.807, 2.05) is 12.1 Å². The lowest BCUT2D eigenvalue weighted by Gasteiger charge is -2.24. The average Bonchev–Trinajstić information content (AvgIpc) is 3.58. The third-order valence-electron chi connectivity index (χ3n) is 5.97. The van der Waals surface area contributed by atoms with E-state index in [1.54, 1.807) is 31.1 Å². The molecule has 0 aliphatic heterocycles. The molecule has 2 aliphatic rings. The van der Waals surface area contributed by atoms with Crippen molar-refractivity contribution in [1.82, 2.24) is 5.48 Å². The summed E-state index contributed by atoms with van der Waals surface area (Å²) in [5.41, 5.74) is 7.81. The van der Waals surface area contributed by atoms with Crippen molar-refractivity contribution in [3.63, 3.8) is 0 Å². The van der Waals surface area contributed by atoms with Crippen LogP contribution in [0, 0.1) is 5.92 Å². The van der Waals surface area contributed by atoms with Crippen molar-refractivity contribution in [2.75, 3.05) is 24.2 Å². The van der Waals surface area contributed by atoms with E-state index >= 15 is 0 Å². The first kappa shape index (κ1) is 21.2. The van der Waals surface area contributed by atoms with Crippen molar-refractivity contribution < 1.29 is 13.6 Å². The summed E-state index contributed by atoms with van der Waals surface area (Å²) in [6.45, 7) is 1.02. The molecule has 6 heteroatoms. The number of halogens is 1. The number of nitrogens with one attached hydrogen (secondary N) is 1. The highest BCUT2D eigenvalue weighted by molar-refractivity contribution is 8.00. The van der Waals surface area contributed by atoms with Gasteiger partial charge >= 0.3 is 0 Å². The number of alkyl halides is 1. The number of nitrogens with zero attached hydrogens (tertiary/aromatic N) is 1. The summed E-state index contributed by atoms with van der Waals surface area (Å²) in [5, 5.41) is 0.890. The summed E-state index contributed by atoms with van der Waals surface area (Å²) in [6, 6.07) is 14.7. The quantitative estimate of drug-likeness (QED) is 0.302. The van der Waals surface area contributed by atoms with Crippen LogP contribution in [0.3, 0.4) is 0 Å². The Morgan fingerprint density at radius 2 is 2.03 bits per heavy atom. The first-order valence-electron chi connectivity index (χ1n) is 11.0. The fraction of sp³-hybridized carbons (Fsp3) is 0.308. The minimum Gasteiger partial charge on any atom is -0.452 e. The first-order valence-corrected chi connectivity index (χ1v) is 12.2. The van der Waals surface area contributed by atoms with Gasteiger partial charge in [0.05, 0.1) is 11.1 Å². The predicted molar refractivity (Wildman–Crippen MR) is 132 cm³/mol. The number of benzene rings is 2. The monoisotopic (exact) mass is 450 g/mol. The van der Waals surface area contributed by atoms with E-state index < -0.39 is 6.17 Å². The van der Waals surface area contributed by atoms with Crippen molar-refractivity contribution in [3.8, 4) is 16.9 Å². The minimum atomic E-state index is -0.953. The van der Waals surface area contributed by atoms with Gasteiger partial charge in [0.1, 0.15) is 11.8 Å². The maximum Gasteiger partial charge on any atom is 0.201 e. The third-order valence-corrected chi connectivity index (χ3v) is 6.76. The van der Waals surface area contributed by atoms with Crippen molar-refractivity contribution in [3.05, 3.63) is 66.5 Å². The van der Waals surface area contributed by atoms with E-state index in [2.05, 4.69) is 52.4 Å². The van der Waals surface area contributed by atoms with Gasteiger partial charge in [-0.3, -0.25) is 0 Å². The fourth-order valence-electron chi connectivity index (χ4n) is 4.13. The van der Waals surface area contributed by atoms with Crippen LogP contribution in [0.4, 0.5) is 10.1 Å². The smallest absolute Gasteiger partial charge is 0.201 e. The summed E-state index contributed by atoms with van der Waals surface area (Å²) in [5.74, 6) is 1.99. The third kappa shape index (κ3) is 4.17. The Bertz CT molecular complexity index is 1170. The van der Waals surface area contributed by atoms with Crippen LogP contribution in [-0.4, -0.2) is 26.0 Å². The molecule has 5 rings (SSSR count). The molecule has 1 aromatic heterocycles. The van der Waals surface area contributed by atoms with Crippen LogP contribution < -0.4 is 14.6 Å². The standard InChI is InChI=1S/C26H27FN2O2S/c1-28-31-26-22-14-21(18-6-4-3-5-7-18)23(29(32-2)16-17-8-9-17)15-24(22)30-25(26)19-10-12-20(27)13-11-19/h3-7,10-12,14-15,17,20,28H,8-9,13,16H2,1-2H3. The molecule has 1 N–H and O–H groups in total. The molecule has 0 radical (unpaired) electrons. The van der Waals surface area contributed by atoms with Gasteiger partial charge in [0.25, 0.3) is 0 Å². The molecule has 0 spiro atoms. The van der Waals surface area contributed by atoms with Crippen LogP contribution in [0.15, 0.2) is 65.1 Å². The number of hydroxylamine groups is 1. The maximum atomic E-state index is 13.6. The number of furan rings is 1. The molecule has 0 amide bonds. The predicted octanol–water partition coefficient (Wildman–Crippen LogP) is 6.79. The van der Waals surface area contributed by atoms with Crippen LogP contribution in [0.1, 0.15) is 25.0 Å². The Morgan fingerprint density at radius 3 is 2.69 bits per heavy atom. The number of rotatable bonds is 8. The van der Waals surface area contributed by atoms with E-state index in [0.717, 1.165) is 45.8 Å². The number of anilines is 1. The highest BCUT2D eigenvalue weighted by Crippen LogP contribution is 2.45. The lowest BCUT2D eigenvalue weighted by molar-refractivity contribution is 0.223. The molecule has 1 unspecified atom stereocenters. The van der Waals surface area contributed by atoms with E-state index in [1.165, 1.54) is 12.8 Å². The second-order valence-corrected chi connectivity index (χ2v) is 9.06. The summed E-state index contributed by atoms with van der Waals surface area (Å²) < 4.78 is 22.3. The minimum absolute atomic E-state index is 0.337. The summed E-state index contributed by atoms with van der Waals surface area (Å²) in [7, 11) is 1.73. The molecule has 2 aromatic carbocycles. The zero-order valence-electron chi connectivity index (χ0n) is 18.3. The summed E-state index contributed by atoms with van der Waals surface area (Å²) in [4.78, 5) is 5.83. The largest absolute Gasteiger partial charge is 0.452 e. The first-order chi connectivity index (χ1) is 15.7. The molecule has 0 bridgehead atoms. The van der Waals surface area contributed by atoms with Crippen LogP contribution in [-0.2, 0) is 0 Å². The topological polar surface area (TPSA) is 37.6 Å². The van der Waals surface area contributed by atoms with E-state index in [-0.39, 0.29) is 0 Å². The van der Waals surface area contributed by atoms with Gasteiger partial charge in [-0.15, -0.1) is 0 Å².